The minimum absolute atomic E-state index is 0.183. The standard InChI is InChI=1S/C16H23N5O2/c1-20(2)13-9-21(10-14(13)22-3)15-4-6-17-16(19-15)18-8-12-5-7-23-11-12/h4-7,11,13-14H,8-10H2,1-3H3,(H,17,18,19)/t13-,14+/m0/s1. The zero-order valence-electron chi connectivity index (χ0n) is 13.8. The Labute approximate surface area is 136 Å². The zero-order chi connectivity index (χ0) is 16.2. The number of ether oxygens (including phenoxy) is 1. The van der Waals surface area contributed by atoms with Gasteiger partial charge in [0.05, 0.1) is 24.7 Å². The summed E-state index contributed by atoms with van der Waals surface area (Å²) in [7, 11) is 5.93. The normalized spacial score (nSPS) is 21.1. The van der Waals surface area contributed by atoms with Crippen LogP contribution in [0.25, 0.3) is 0 Å². The summed E-state index contributed by atoms with van der Waals surface area (Å²) in [4.78, 5) is 13.3. The Kier molecular flexibility index (Phi) is 4.78. The van der Waals surface area contributed by atoms with Crippen LogP contribution in [0.3, 0.4) is 0 Å². The van der Waals surface area contributed by atoms with Crippen molar-refractivity contribution in [2.24, 2.45) is 0 Å². The quantitative estimate of drug-likeness (QED) is 0.865. The number of rotatable bonds is 6. The van der Waals surface area contributed by atoms with Gasteiger partial charge in [0.15, 0.2) is 0 Å². The van der Waals surface area contributed by atoms with Crippen molar-refractivity contribution in [3.63, 3.8) is 0 Å². The molecule has 1 aliphatic heterocycles. The molecule has 3 rings (SSSR count). The van der Waals surface area contributed by atoms with Crippen LogP contribution < -0.4 is 10.2 Å². The second kappa shape index (κ2) is 6.97. The van der Waals surface area contributed by atoms with E-state index in [2.05, 4.69) is 39.2 Å². The van der Waals surface area contributed by atoms with Gasteiger partial charge in [-0.15, -0.1) is 0 Å². The van der Waals surface area contributed by atoms with Crippen molar-refractivity contribution in [2.75, 3.05) is 44.5 Å². The third-order valence-corrected chi connectivity index (χ3v) is 4.20. The molecule has 0 aliphatic carbocycles. The predicted molar refractivity (Wildman–Crippen MR) is 88.6 cm³/mol. The molecule has 0 aromatic carbocycles. The van der Waals surface area contributed by atoms with Crippen molar-refractivity contribution in [3.8, 4) is 0 Å². The molecule has 2 atom stereocenters. The number of aromatic nitrogens is 2. The second-order valence-corrected chi connectivity index (χ2v) is 5.93. The van der Waals surface area contributed by atoms with Crippen molar-refractivity contribution in [1.29, 1.82) is 0 Å². The van der Waals surface area contributed by atoms with Crippen molar-refractivity contribution < 1.29 is 9.15 Å². The minimum Gasteiger partial charge on any atom is -0.472 e. The Morgan fingerprint density at radius 3 is 2.91 bits per heavy atom. The molecule has 0 saturated carbocycles. The predicted octanol–water partition coefficient (Wildman–Crippen LogP) is 1.45. The molecular weight excluding hydrogens is 294 g/mol. The topological polar surface area (TPSA) is 66.7 Å². The lowest BCUT2D eigenvalue weighted by Crippen LogP contribution is -2.39. The number of hydrogen-bond donors (Lipinski definition) is 1. The maximum absolute atomic E-state index is 5.61. The van der Waals surface area contributed by atoms with Gasteiger partial charge < -0.3 is 24.3 Å². The van der Waals surface area contributed by atoms with Gasteiger partial charge in [0.2, 0.25) is 5.95 Å². The molecule has 0 spiro atoms. The first kappa shape index (κ1) is 15.8. The lowest BCUT2D eigenvalue weighted by molar-refractivity contribution is 0.0639. The summed E-state index contributed by atoms with van der Waals surface area (Å²) in [6, 6.07) is 4.22. The molecule has 7 nitrogen and oxygen atoms in total. The maximum atomic E-state index is 5.61. The van der Waals surface area contributed by atoms with Crippen molar-refractivity contribution in [2.45, 2.75) is 18.7 Å². The van der Waals surface area contributed by atoms with Crippen LogP contribution in [0.5, 0.6) is 0 Å². The van der Waals surface area contributed by atoms with E-state index in [0.29, 0.717) is 18.5 Å². The van der Waals surface area contributed by atoms with Gasteiger partial charge in [0.25, 0.3) is 0 Å². The van der Waals surface area contributed by atoms with Gasteiger partial charge in [-0.05, 0) is 26.2 Å². The second-order valence-electron chi connectivity index (χ2n) is 5.93. The monoisotopic (exact) mass is 317 g/mol. The van der Waals surface area contributed by atoms with Crippen LogP contribution >= 0.6 is 0 Å². The molecule has 0 bridgehead atoms. The molecule has 7 heteroatoms. The number of likely N-dealkylation sites (N-methyl/N-ethyl adjacent to an activating group) is 1. The molecule has 124 valence electrons. The van der Waals surface area contributed by atoms with Crippen LogP contribution in [0.1, 0.15) is 5.56 Å². The van der Waals surface area contributed by atoms with Gasteiger partial charge in [-0.1, -0.05) is 0 Å². The van der Waals surface area contributed by atoms with E-state index < -0.39 is 0 Å². The zero-order valence-corrected chi connectivity index (χ0v) is 13.8. The number of nitrogens with zero attached hydrogens (tertiary/aromatic N) is 4. The highest BCUT2D eigenvalue weighted by molar-refractivity contribution is 5.44. The lowest BCUT2D eigenvalue weighted by atomic mass is 10.2. The lowest BCUT2D eigenvalue weighted by Gasteiger charge is -2.23. The number of methoxy groups -OCH3 is 1. The molecule has 1 saturated heterocycles. The third kappa shape index (κ3) is 3.62. The highest BCUT2D eigenvalue weighted by atomic mass is 16.5. The molecule has 2 aromatic rings. The molecular formula is C16H23N5O2. The SMILES string of the molecule is CO[C@@H]1CN(c2ccnc(NCc3ccoc3)n2)C[C@@H]1N(C)C. The van der Waals surface area contributed by atoms with Gasteiger partial charge in [-0.3, -0.25) is 0 Å². The fraction of sp³-hybridized carbons (Fsp3) is 0.500. The van der Waals surface area contributed by atoms with E-state index in [1.165, 1.54) is 0 Å². The molecule has 3 heterocycles. The van der Waals surface area contributed by atoms with Gasteiger partial charge in [-0.2, -0.15) is 4.98 Å². The Balaban J connectivity index is 1.67. The minimum atomic E-state index is 0.183. The summed E-state index contributed by atoms with van der Waals surface area (Å²) < 4.78 is 10.7. The van der Waals surface area contributed by atoms with E-state index in [-0.39, 0.29) is 6.10 Å². The molecule has 0 amide bonds. The first-order chi connectivity index (χ1) is 11.2. The fourth-order valence-corrected chi connectivity index (χ4v) is 2.86. The Morgan fingerprint density at radius 2 is 2.26 bits per heavy atom. The van der Waals surface area contributed by atoms with Gasteiger partial charge in [-0.25, -0.2) is 4.98 Å². The molecule has 0 unspecified atom stereocenters. The fourth-order valence-electron chi connectivity index (χ4n) is 2.86. The first-order valence-electron chi connectivity index (χ1n) is 7.69. The highest BCUT2D eigenvalue weighted by Crippen LogP contribution is 2.23. The molecule has 0 radical (unpaired) electrons. The van der Waals surface area contributed by atoms with E-state index in [9.17, 15) is 0 Å². The number of anilines is 2. The van der Waals surface area contributed by atoms with Crippen molar-refractivity contribution in [3.05, 3.63) is 36.4 Å². The van der Waals surface area contributed by atoms with Gasteiger partial charge in [0, 0.05) is 38.5 Å². The molecule has 1 aliphatic rings. The highest BCUT2D eigenvalue weighted by Gasteiger charge is 2.34. The summed E-state index contributed by atoms with van der Waals surface area (Å²) in [6.07, 6.45) is 5.33. The van der Waals surface area contributed by atoms with Gasteiger partial charge in [0.1, 0.15) is 5.82 Å². The molecule has 1 fully saturated rings. The van der Waals surface area contributed by atoms with Crippen LogP contribution in [-0.4, -0.2) is 61.3 Å². The number of nitrogens with one attached hydrogen (secondary N) is 1. The van der Waals surface area contributed by atoms with E-state index in [4.69, 9.17) is 9.15 Å². The van der Waals surface area contributed by atoms with E-state index in [0.717, 1.165) is 24.5 Å². The Morgan fingerprint density at radius 1 is 1.39 bits per heavy atom. The maximum Gasteiger partial charge on any atom is 0.224 e. The van der Waals surface area contributed by atoms with Crippen LogP contribution in [0.2, 0.25) is 0 Å². The third-order valence-electron chi connectivity index (χ3n) is 4.20. The summed E-state index contributed by atoms with van der Waals surface area (Å²) >= 11 is 0. The Bertz CT molecular complexity index is 617. The van der Waals surface area contributed by atoms with Crippen LogP contribution in [0.4, 0.5) is 11.8 Å². The molecule has 2 aromatic heterocycles. The first-order valence-corrected chi connectivity index (χ1v) is 7.69. The summed E-state index contributed by atoms with van der Waals surface area (Å²) in [5.74, 6) is 1.53. The Hall–Kier alpha value is -2.12. The summed E-state index contributed by atoms with van der Waals surface area (Å²) in [6.45, 7) is 2.36. The van der Waals surface area contributed by atoms with E-state index >= 15 is 0 Å². The number of hydrogen-bond acceptors (Lipinski definition) is 7. The largest absolute Gasteiger partial charge is 0.472 e. The van der Waals surface area contributed by atoms with Crippen LogP contribution in [0.15, 0.2) is 35.3 Å². The van der Waals surface area contributed by atoms with Crippen molar-refractivity contribution in [1.82, 2.24) is 14.9 Å². The smallest absolute Gasteiger partial charge is 0.224 e. The van der Waals surface area contributed by atoms with Gasteiger partial charge >= 0.3 is 0 Å². The summed E-state index contributed by atoms with van der Waals surface area (Å²) in [5.41, 5.74) is 1.06. The van der Waals surface area contributed by atoms with Crippen LogP contribution in [0, 0.1) is 0 Å². The van der Waals surface area contributed by atoms with E-state index in [1.54, 1.807) is 25.8 Å². The molecule has 1 N–H and O–H groups in total. The van der Waals surface area contributed by atoms with Crippen molar-refractivity contribution >= 4 is 11.8 Å². The van der Waals surface area contributed by atoms with E-state index in [1.807, 2.05) is 12.1 Å². The summed E-state index contributed by atoms with van der Waals surface area (Å²) in [5, 5.41) is 3.22. The average molecular weight is 317 g/mol. The number of furan rings is 1. The molecule has 23 heavy (non-hydrogen) atoms. The van der Waals surface area contributed by atoms with Crippen LogP contribution in [-0.2, 0) is 11.3 Å². The average Bonchev–Trinajstić information content (AvgIpc) is 3.22.